The minimum atomic E-state index is -0.233. The minimum Gasteiger partial charge on any atom is -0.467 e. The molecular formula is C12H14N2O3. The van der Waals surface area contributed by atoms with Gasteiger partial charge in [-0.15, -0.1) is 0 Å². The molecule has 1 saturated carbocycles. The van der Waals surface area contributed by atoms with Crippen LogP contribution in [0.2, 0.25) is 0 Å². The topological polar surface area (TPSA) is 62.4 Å². The minimum absolute atomic E-state index is 0.147. The molecule has 5 nitrogen and oxygen atoms in total. The lowest BCUT2D eigenvalue weighted by molar-refractivity contribution is -0.142. The number of carbonyl (C=O) groups is 1. The van der Waals surface area contributed by atoms with Crippen LogP contribution in [0.25, 0.3) is 0 Å². The second kappa shape index (κ2) is 3.61. The van der Waals surface area contributed by atoms with Crippen molar-refractivity contribution in [2.24, 2.45) is 11.8 Å². The predicted octanol–water partition coefficient (Wildman–Crippen LogP) is 0.373. The Labute approximate surface area is 98.4 Å². The molecule has 1 aliphatic heterocycles. The van der Waals surface area contributed by atoms with Gasteiger partial charge < -0.3 is 14.6 Å². The maximum atomic E-state index is 11.8. The van der Waals surface area contributed by atoms with Crippen molar-refractivity contribution in [2.45, 2.75) is 12.5 Å². The summed E-state index contributed by atoms with van der Waals surface area (Å²) in [5, 5.41) is 0. The number of rotatable bonds is 2. The summed E-state index contributed by atoms with van der Waals surface area (Å²) < 4.78 is 4.84. The molecule has 1 N–H and O–H groups in total. The number of methoxy groups -OCH3 is 1. The number of aromatic nitrogens is 1. The molecule has 3 rings (SSSR count). The zero-order valence-electron chi connectivity index (χ0n) is 9.55. The highest BCUT2D eigenvalue weighted by molar-refractivity contribution is 5.81. The SMILES string of the molecule is COC(=O)C1C2CC2CN1c1cccc(=O)[nH]1. The van der Waals surface area contributed by atoms with E-state index < -0.39 is 0 Å². The van der Waals surface area contributed by atoms with Crippen molar-refractivity contribution in [3.8, 4) is 0 Å². The van der Waals surface area contributed by atoms with Crippen molar-refractivity contribution >= 4 is 11.8 Å². The zero-order chi connectivity index (χ0) is 12.0. The summed E-state index contributed by atoms with van der Waals surface area (Å²) in [5.41, 5.74) is -0.147. The average molecular weight is 234 g/mol. The van der Waals surface area contributed by atoms with E-state index in [1.54, 1.807) is 6.07 Å². The first-order valence-corrected chi connectivity index (χ1v) is 5.74. The second-order valence-corrected chi connectivity index (χ2v) is 4.68. The first-order valence-electron chi connectivity index (χ1n) is 5.74. The van der Waals surface area contributed by atoms with Crippen LogP contribution in [0.15, 0.2) is 23.0 Å². The van der Waals surface area contributed by atoms with Gasteiger partial charge in [-0.2, -0.15) is 0 Å². The van der Waals surface area contributed by atoms with E-state index in [4.69, 9.17) is 4.74 Å². The van der Waals surface area contributed by atoms with Crippen LogP contribution >= 0.6 is 0 Å². The van der Waals surface area contributed by atoms with E-state index in [1.807, 2.05) is 11.0 Å². The third-order valence-electron chi connectivity index (χ3n) is 3.65. The molecule has 0 radical (unpaired) electrons. The van der Waals surface area contributed by atoms with E-state index in [2.05, 4.69) is 4.98 Å². The molecule has 0 bridgehead atoms. The molecule has 3 unspecified atom stereocenters. The number of hydrogen-bond acceptors (Lipinski definition) is 4. The number of carbonyl (C=O) groups excluding carboxylic acids is 1. The molecule has 1 aromatic rings. The van der Waals surface area contributed by atoms with Crippen LogP contribution in [-0.4, -0.2) is 30.6 Å². The number of ether oxygens (including phenoxy) is 1. The highest BCUT2D eigenvalue weighted by atomic mass is 16.5. The van der Waals surface area contributed by atoms with Gasteiger partial charge in [-0.1, -0.05) is 6.07 Å². The number of piperidine rings is 1. The number of anilines is 1. The van der Waals surface area contributed by atoms with E-state index in [0.29, 0.717) is 17.7 Å². The average Bonchev–Trinajstić information content (AvgIpc) is 2.99. The van der Waals surface area contributed by atoms with E-state index in [0.717, 1.165) is 13.0 Å². The van der Waals surface area contributed by atoms with Crippen molar-refractivity contribution in [3.05, 3.63) is 28.6 Å². The third-order valence-corrected chi connectivity index (χ3v) is 3.65. The van der Waals surface area contributed by atoms with Crippen molar-refractivity contribution in [1.29, 1.82) is 0 Å². The Morgan fingerprint density at radius 3 is 3.06 bits per heavy atom. The first-order chi connectivity index (χ1) is 8.20. The standard InChI is InChI=1S/C12H14N2O3/c1-17-12(16)11-8-5-7(8)6-14(11)9-3-2-4-10(15)13-9/h2-4,7-8,11H,5-6H2,1H3,(H,13,15). The Morgan fingerprint density at radius 2 is 2.35 bits per heavy atom. The van der Waals surface area contributed by atoms with Gasteiger partial charge >= 0.3 is 5.97 Å². The lowest BCUT2D eigenvalue weighted by atomic mass is 10.2. The second-order valence-electron chi connectivity index (χ2n) is 4.68. The van der Waals surface area contributed by atoms with Crippen LogP contribution < -0.4 is 10.5 Å². The highest BCUT2D eigenvalue weighted by Crippen LogP contribution is 2.50. The first kappa shape index (κ1) is 10.4. The van der Waals surface area contributed by atoms with Crippen LogP contribution in [0.5, 0.6) is 0 Å². The maximum Gasteiger partial charge on any atom is 0.328 e. The van der Waals surface area contributed by atoms with Gasteiger partial charge in [0.1, 0.15) is 11.9 Å². The predicted molar refractivity (Wildman–Crippen MR) is 61.8 cm³/mol. The summed E-state index contributed by atoms with van der Waals surface area (Å²) in [5.74, 6) is 1.47. The summed E-state index contributed by atoms with van der Waals surface area (Å²) >= 11 is 0. The fourth-order valence-corrected chi connectivity index (χ4v) is 2.74. The summed E-state index contributed by atoms with van der Waals surface area (Å²) in [4.78, 5) is 27.8. The molecule has 2 aliphatic rings. The zero-order valence-corrected chi connectivity index (χ0v) is 9.55. The lowest BCUT2D eigenvalue weighted by Crippen LogP contribution is -2.41. The van der Waals surface area contributed by atoms with Crippen molar-refractivity contribution in [3.63, 3.8) is 0 Å². The van der Waals surface area contributed by atoms with Gasteiger partial charge in [0.25, 0.3) is 0 Å². The molecule has 0 spiro atoms. The molecule has 1 aliphatic carbocycles. The van der Waals surface area contributed by atoms with Crippen molar-refractivity contribution in [2.75, 3.05) is 18.6 Å². The normalized spacial score (nSPS) is 29.9. The van der Waals surface area contributed by atoms with Gasteiger partial charge in [-0.25, -0.2) is 4.79 Å². The van der Waals surface area contributed by atoms with Gasteiger partial charge in [0.15, 0.2) is 0 Å². The molecule has 2 fully saturated rings. The van der Waals surface area contributed by atoms with E-state index >= 15 is 0 Å². The van der Waals surface area contributed by atoms with Gasteiger partial charge in [-0.05, 0) is 24.3 Å². The molecule has 1 aromatic heterocycles. The number of pyridine rings is 1. The Hall–Kier alpha value is -1.78. The van der Waals surface area contributed by atoms with Gasteiger partial charge in [-0.3, -0.25) is 4.79 Å². The fraction of sp³-hybridized carbons (Fsp3) is 0.500. The Kier molecular flexibility index (Phi) is 2.21. The van der Waals surface area contributed by atoms with Crippen molar-refractivity contribution < 1.29 is 9.53 Å². The number of H-pyrrole nitrogens is 1. The summed E-state index contributed by atoms with van der Waals surface area (Å²) in [6.45, 7) is 0.824. The summed E-state index contributed by atoms with van der Waals surface area (Å²) in [6, 6.07) is 4.75. The molecule has 2 heterocycles. The number of fused-ring (bicyclic) bond motifs is 1. The molecule has 0 amide bonds. The molecule has 0 aromatic carbocycles. The van der Waals surface area contributed by atoms with Crippen LogP contribution in [0, 0.1) is 11.8 Å². The third kappa shape index (κ3) is 1.62. The van der Waals surface area contributed by atoms with Crippen LogP contribution in [-0.2, 0) is 9.53 Å². The van der Waals surface area contributed by atoms with E-state index in [9.17, 15) is 9.59 Å². The number of nitrogens with one attached hydrogen (secondary N) is 1. The largest absolute Gasteiger partial charge is 0.467 e. The molecular weight excluding hydrogens is 220 g/mol. The summed E-state index contributed by atoms with van der Waals surface area (Å²) in [7, 11) is 1.41. The van der Waals surface area contributed by atoms with Gasteiger partial charge in [0, 0.05) is 12.6 Å². The molecule has 5 heteroatoms. The van der Waals surface area contributed by atoms with Gasteiger partial charge in [0.05, 0.1) is 7.11 Å². The number of esters is 1. The van der Waals surface area contributed by atoms with E-state index in [1.165, 1.54) is 13.2 Å². The number of aromatic amines is 1. The quantitative estimate of drug-likeness (QED) is 0.751. The van der Waals surface area contributed by atoms with Crippen LogP contribution in [0.1, 0.15) is 6.42 Å². The Balaban J connectivity index is 1.92. The number of nitrogens with zero attached hydrogens (tertiary/aromatic N) is 1. The number of hydrogen-bond donors (Lipinski definition) is 1. The van der Waals surface area contributed by atoms with E-state index in [-0.39, 0.29) is 17.6 Å². The lowest BCUT2D eigenvalue weighted by Gasteiger charge is -2.26. The van der Waals surface area contributed by atoms with Gasteiger partial charge in [0.2, 0.25) is 5.56 Å². The van der Waals surface area contributed by atoms with Crippen LogP contribution in [0.4, 0.5) is 5.82 Å². The molecule has 90 valence electrons. The smallest absolute Gasteiger partial charge is 0.328 e. The Bertz CT molecular complexity index is 510. The summed E-state index contributed by atoms with van der Waals surface area (Å²) in [6.07, 6.45) is 1.09. The maximum absolute atomic E-state index is 11.8. The monoisotopic (exact) mass is 234 g/mol. The fourth-order valence-electron chi connectivity index (χ4n) is 2.74. The van der Waals surface area contributed by atoms with Crippen LogP contribution in [0.3, 0.4) is 0 Å². The highest BCUT2D eigenvalue weighted by Gasteiger charge is 2.56. The molecule has 1 saturated heterocycles. The molecule has 3 atom stereocenters. The molecule has 17 heavy (non-hydrogen) atoms. The Morgan fingerprint density at radius 1 is 1.53 bits per heavy atom. The van der Waals surface area contributed by atoms with Crippen molar-refractivity contribution in [1.82, 2.24) is 4.98 Å².